The van der Waals surface area contributed by atoms with Gasteiger partial charge in [0.05, 0.1) is 0 Å². The molecule has 1 saturated carbocycles. The fourth-order valence-electron chi connectivity index (χ4n) is 5.55. The smallest absolute Gasteiger partial charge is 0.229 e. The number of nitrogens with one attached hydrogen (secondary N) is 1. The molecule has 31 heavy (non-hydrogen) atoms. The minimum atomic E-state index is 0.0913. The summed E-state index contributed by atoms with van der Waals surface area (Å²) in [5.41, 5.74) is 2.70. The zero-order chi connectivity index (χ0) is 20.7. The monoisotopic (exact) mass is 420 g/mol. The molecule has 3 aliphatic rings. The van der Waals surface area contributed by atoms with Gasteiger partial charge in [-0.05, 0) is 74.2 Å². The van der Waals surface area contributed by atoms with Crippen LogP contribution in [0.25, 0.3) is 10.9 Å². The van der Waals surface area contributed by atoms with Crippen molar-refractivity contribution < 1.29 is 9.26 Å². The lowest BCUT2D eigenvalue weighted by Crippen LogP contribution is -2.43. The Morgan fingerprint density at radius 1 is 1.06 bits per heavy atom. The van der Waals surface area contributed by atoms with Gasteiger partial charge in [-0.2, -0.15) is 4.98 Å². The van der Waals surface area contributed by atoms with Crippen LogP contribution < -0.4 is 0 Å². The standard InChI is InChI=1S/C25H32N4O2/c1-2-18(1)16-25(24-27-23(31-28-24)21-6-13-30-14-7-21)8-11-29(12-9-25)17-19-3-4-20-5-10-26-22(20)15-19/h3-5,10,15,18,21,26H,1-2,6-9,11-14,16-17H2. The molecule has 2 aromatic heterocycles. The van der Waals surface area contributed by atoms with Crippen molar-refractivity contribution in [2.75, 3.05) is 26.3 Å². The molecular weight excluding hydrogens is 388 g/mol. The molecule has 164 valence electrons. The van der Waals surface area contributed by atoms with Gasteiger partial charge < -0.3 is 14.2 Å². The third-order valence-corrected chi connectivity index (χ3v) is 7.70. The molecule has 6 rings (SSSR count). The molecule has 4 heterocycles. The number of H-pyrrole nitrogens is 1. The second-order valence-electron chi connectivity index (χ2n) is 9.95. The first-order valence-corrected chi connectivity index (χ1v) is 12.0. The van der Waals surface area contributed by atoms with Crippen LogP contribution in [0, 0.1) is 5.92 Å². The summed E-state index contributed by atoms with van der Waals surface area (Å²) in [6.07, 6.45) is 10.2. The lowest BCUT2D eigenvalue weighted by atomic mass is 9.73. The van der Waals surface area contributed by atoms with Crippen LogP contribution >= 0.6 is 0 Å². The number of likely N-dealkylation sites (tertiary alicyclic amines) is 1. The summed E-state index contributed by atoms with van der Waals surface area (Å²) in [7, 11) is 0. The quantitative estimate of drug-likeness (QED) is 0.622. The Kier molecular flexibility index (Phi) is 5.07. The third-order valence-electron chi connectivity index (χ3n) is 7.70. The van der Waals surface area contributed by atoms with E-state index in [9.17, 15) is 0 Å². The molecule has 1 N–H and O–H groups in total. The highest BCUT2D eigenvalue weighted by Crippen LogP contribution is 2.47. The normalized spacial score (nSPS) is 22.8. The van der Waals surface area contributed by atoms with Gasteiger partial charge in [0.1, 0.15) is 0 Å². The molecule has 3 fully saturated rings. The number of benzene rings is 1. The highest BCUT2D eigenvalue weighted by molar-refractivity contribution is 5.79. The van der Waals surface area contributed by atoms with Crippen LogP contribution in [0.5, 0.6) is 0 Å². The van der Waals surface area contributed by atoms with Crippen molar-refractivity contribution in [3.05, 3.63) is 47.7 Å². The first kappa shape index (κ1) is 19.5. The zero-order valence-electron chi connectivity index (χ0n) is 18.2. The first-order chi connectivity index (χ1) is 15.3. The van der Waals surface area contributed by atoms with Gasteiger partial charge in [0.25, 0.3) is 0 Å². The van der Waals surface area contributed by atoms with Gasteiger partial charge in [-0.25, -0.2) is 0 Å². The van der Waals surface area contributed by atoms with Gasteiger partial charge in [-0.15, -0.1) is 0 Å². The van der Waals surface area contributed by atoms with E-state index in [1.165, 1.54) is 35.7 Å². The fourth-order valence-corrected chi connectivity index (χ4v) is 5.55. The second-order valence-corrected chi connectivity index (χ2v) is 9.95. The van der Waals surface area contributed by atoms with E-state index in [4.69, 9.17) is 14.2 Å². The van der Waals surface area contributed by atoms with Crippen molar-refractivity contribution in [1.29, 1.82) is 0 Å². The lowest BCUT2D eigenvalue weighted by molar-refractivity contribution is 0.0778. The molecule has 3 aromatic rings. The maximum atomic E-state index is 5.81. The minimum absolute atomic E-state index is 0.0913. The van der Waals surface area contributed by atoms with Crippen LogP contribution in [0.15, 0.2) is 35.0 Å². The van der Waals surface area contributed by atoms with Crippen LogP contribution in [0.2, 0.25) is 0 Å². The van der Waals surface area contributed by atoms with Crippen LogP contribution in [0.3, 0.4) is 0 Å². The number of ether oxygens (including phenoxy) is 1. The number of nitrogens with zero attached hydrogens (tertiary/aromatic N) is 3. The zero-order valence-corrected chi connectivity index (χ0v) is 18.2. The number of aromatic amines is 1. The van der Waals surface area contributed by atoms with E-state index in [1.54, 1.807) is 0 Å². The molecule has 1 aromatic carbocycles. The maximum absolute atomic E-state index is 5.81. The van der Waals surface area contributed by atoms with Crippen molar-refractivity contribution in [2.45, 2.75) is 62.8 Å². The van der Waals surface area contributed by atoms with Crippen LogP contribution in [-0.4, -0.2) is 46.3 Å². The topological polar surface area (TPSA) is 67.2 Å². The summed E-state index contributed by atoms with van der Waals surface area (Å²) in [6, 6.07) is 8.91. The molecule has 0 atom stereocenters. The molecular formula is C25H32N4O2. The van der Waals surface area contributed by atoms with Crippen molar-refractivity contribution in [3.8, 4) is 0 Å². The van der Waals surface area contributed by atoms with E-state index in [2.05, 4.69) is 39.3 Å². The Hall–Kier alpha value is -2.18. The van der Waals surface area contributed by atoms with Crippen LogP contribution in [0.4, 0.5) is 0 Å². The van der Waals surface area contributed by atoms with Gasteiger partial charge in [-0.3, -0.25) is 4.90 Å². The average Bonchev–Trinajstić information content (AvgIpc) is 3.27. The lowest BCUT2D eigenvalue weighted by Gasteiger charge is -2.40. The molecule has 0 amide bonds. The maximum Gasteiger partial charge on any atom is 0.229 e. The predicted octanol–water partition coefficient (Wildman–Crippen LogP) is 4.78. The van der Waals surface area contributed by atoms with Crippen LogP contribution in [0.1, 0.15) is 68.1 Å². The molecule has 2 saturated heterocycles. The summed E-state index contributed by atoms with van der Waals surface area (Å²) in [6.45, 7) is 4.80. The molecule has 0 radical (unpaired) electrons. The molecule has 6 heteroatoms. The molecule has 2 aliphatic heterocycles. The van der Waals surface area contributed by atoms with E-state index in [0.717, 1.165) is 76.2 Å². The molecule has 0 unspecified atom stereocenters. The highest BCUT2D eigenvalue weighted by Gasteiger charge is 2.44. The Labute approximate surface area is 183 Å². The summed E-state index contributed by atoms with van der Waals surface area (Å²) >= 11 is 0. The van der Waals surface area contributed by atoms with E-state index in [0.29, 0.717) is 5.92 Å². The fraction of sp³-hybridized carbons (Fsp3) is 0.600. The second kappa shape index (κ2) is 8.06. The molecule has 0 bridgehead atoms. The number of hydrogen-bond acceptors (Lipinski definition) is 5. The van der Waals surface area contributed by atoms with Gasteiger partial charge in [0.15, 0.2) is 5.82 Å². The first-order valence-electron chi connectivity index (χ1n) is 12.0. The Morgan fingerprint density at radius 2 is 1.90 bits per heavy atom. The van der Waals surface area contributed by atoms with Crippen molar-refractivity contribution in [2.24, 2.45) is 5.92 Å². The summed E-state index contributed by atoms with van der Waals surface area (Å²) in [5, 5.41) is 5.84. The van der Waals surface area contributed by atoms with Crippen molar-refractivity contribution in [1.82, 2.24) is 20.0 Å². The van der Waals surface area contributed by atoms with E-state index in [1.807, 2.05) is 6.20 Å². The van der Waals surface area contributed by atoms with Crippen molar-refractivity contribution >= 4 is 10.9 Å². The van der Waals surface area contributed by atoms with E-state index in [-0.39, 0.29) is 5.41 Å². The largest absolute Gasteiger partial charge is 0.381 e. The minimum Gasteiger partial charge on any atom is -0.381 e. The summed E-state index contributed by atoms with van der Waals surface area (Å²) < 4.78 is 11.3. The molecule has 1 aliphatic carbocycles. The van der Waals surface area contributed by atoms with E-state index >= 15 is 0 Å². The number of piperidine rings is 1. The van der Waals surface area contributed by atoms with Gasteiger partial charge in [0, 0.05) is 42.8 Å². The molecule has 0 spiro atoms. The summed E-state index contributed by atoms with van der Waals surface area (Å²) in [4.78, 5) is 10.9. The van der Waals surface area contributed by atoms with Gasteiger partial charge >= 0.3 is 0 Å². The summed E-state index contributed by atoms with van der Waals surface area (Å²) in [5.74, 6) is 3.05. The SMILES string of the molecule is c1cc2ccc(CN3CCC(CC4CC4)(c4noc(C5CCOCC5)n4)CC3)cc2[nH]1. The number of rotatable bonds is 6. The van der Waals surface area contributed by atoms with E-state index < -0.39 is 0 Å². The van der Waals surface area contributed by atoms with Gasteiger partial charge in [0.2, 0.25) is 5.89 Å². The average molecular weight is 421 g/mol. The van der Waals surface area contributed by atoms with Gasteiger partial charge in [-0.1, -0.05) is 30.1 Å². The number of hydrogen-bond donors (Lipinski definition) is 1. The number of fused-ring (bicyclic) bond motifs is 1. The van der Waals surface area contributed by atoms with Crippen molar-refractivity contribution in [3.63, 3.8) is 0 Å². The highest BCUT2D eigenvalue weighted by atomic mass is 16.5. The Bertz CT molecular complexity index is 1020. The molecule has 6 nitrogen and oxygen atoms in total. The Balaban J connectivity index is 1.16. The number of aromatic nitrogens is 3. The Morgan fingerprint density at radius 3 is 2.71 bits per heavy atom. The predicted molar refractivity (Wildman–Crippen MR) is 119 cm³/mol. The third kappa shape index (κ3) is 4.03. The van der Waals surface area contributed by atoms with Crippen LogP contribution in [-0.2, 0) is 16.7 Å².